The van der Waals surface area contributed by atoms with Crippen LogP contribution in [0.1, 0.15) is 27.2 Å². The second-order valence-electron chi connectivity index (χ2n) is 7.10. The lowest BCUT2D eigenvalue weighted by atomic mass is 10.3. The van der Waals surface area contributed by atoms with Gasteiger partial charge in [0.1, 0.15) is 10.6 Å². The van der Waals surface area contributed by atoms with Gasteiger partial charge in [-0.1, -0.05) is 13.8 Å². The van der Waals surface area contributed by atoms with Crippen molar-refractivity contribution in [3.63, 3.8) is 0 Å². The van der Waals surface area contributed by atoms with E-state index >= 15 is 0 Å². The zero-order chi connectivity index (χ0) is 24.1. The maximum Gasteiger partial charge on any atom is 0.246 e. The maximum absolute atomic E-state index is 13.0. The molecule has 0 saturated carbocycles. The first-order chi connectivity index (χ1) is 15.2. The zero-order valence-electron chi connectivity index (χ0n) is 19.6. The van der Waals surface area contributed by atoms with Gasteiger partial charge < -0.3 is 20.1 Å². The van der Waals surface area contributed by atoms with E-state index in [0.717, 1.165) is 0 Å². The van der Waals surface area contributed by atoms with Crippen LogP contribution in [-0.2, 0) is 24.3 Å². The number of likely N-dealkylation sites (N-methyl/N-ethyl adjacent to an activating group) is 1. The Kier molecular flexibility index (Phi) is 12.2. The van der Waals surface area contributed by atoms with Gasteiger partial charge in [0.2, 0.25) is 21.8 Å². The van der Waals surface area contributed by atoms with Crippen molar-refractivity contribution in [1.82, 2.24) is 14.5 Å². The molecule has 0 aliphatic rings. The first kappa shape index (κ1) is 27.8. The normalized spacial score (nSPS) is 11.6. The van der Waals surface area contributed by atoms with Gasteiger partial charge in [0, 0.05) is 39.0 Å². The Balaban J connectivity index is 2.83. The third-order valence-corrected chi connectivity index (χ3v) is 6.60. The minimum Gasteiger partial charge on any atom is -0.492 e. The van der Waals surface area contributed by atoms with Crippen LogP contribution in [0.5, 0.6) is 5.75 Å². The van der Waals surface area contributed by atoms with Crippen LogP contribution in [0.2, 0.25) is 0 Å². The van der Waals surface area contributed by atoms with Crippen LogP contribution in [0.3, 0.4) is 0 Å². The molecule has 0 spiro atoms. The van der Waals surface area contributed by atoms with Crippen LogP contribution in [0.15, 0.2) is 23.1 Å². The van der Waals surface area contributed by atoms with E-state index in [2.05, 4.69) is 10.6 Å². The summed E-state index contributed by atoms with van der Waals surface area (Å²) in [6.07, 6.45) is 0.711. The van der Waals surface area contributed by atoms with Crippen LogP contribution in [0, 0.1) is 0 Å². The molecule has 0 fully saturated rings. The molecule has 1 aromatic carbocycles. The topological polar surface area (TPSA) is 117 Å². The summed E-state index contributed by atoms with van der Waals surface area (Å²) in [7, 11) is -0.526. The average molecular weight is 473 g/mol. The molecular formula is C21H36N4O6S. The molecule has 182 valence electrons. The molecule has 2 N–H and O–H groups in total. The molecule has 0 radical (unpaired) electrons. The molecule has 10 nitrogen and oxygen atoms in total. The third-order valence-electron chi connectivity index (χ3n) is 4.53. The Bertz CT molecular complexity index is 843. The highest BCUT2D eigenvalue weighted by molar-refractivity contribution is 7.89. The highest BCUT2D eigenvalue weighted by Gasteiger charge is 2.26. The molecule has 0 bridgehead atoms. The second kappa shape index (κ2) is 14.0. The molecule has 2 amide bonds. The number of amides is 2. The van der Waals surface area contributed by atoms with Gasteiger partial charge in [0.25, 0.3) is 0 Å². The lowest BCUT2D eigenvalue weighted by Crippen LogP contribution is -2.39. The number of nitrogens with one attached hydrogen (secondary N) is 2. The van der Waals surface area contributed by atoms with Gasteiger partial charge in [-0.05, 0) is 38.6 Å². The average Bonchev–Trinajstić information content (AvgIpc) is 2.72. The summed E-state index contributed by atoms with van der Waals surface area (Å²) in [6, 6.07) is 4.53. The van der Waals surface area contributed by atoms with Gasteiger partial charge in [0.15, 0.2) is 0 Å². The number of carbonyl (C=O) groups excluding carboxylic acids is 2. The fraction of sp³-hybridized carbons (Fsp3) is 0.619. The largest absolute Gasteiger partial charge is 0.492 e. The van der Waals surface area contributed by atoms with Gasteiger partial charge in [-0.25, -0.2) is 8.42 Å². The van der Waals surface area contributed by atoms with E-state index in [1.54, 1.807) is 45.9 Å². The second-order valence-corrected chi connectivity index (χ2v) is 9.01. The van der Waals surface area contributed by atoms with Crippen molar-refractivity contribution < 1.29 is 27.5 Å². The van der Waals surface area contributed by atoms with Crippen molar-refractivity contribution in [3.05, 3.63) is 18.2 Å². The molecule has 0 atom stereocenters. The number of rotatable bonds is 15. The van der Waals surface area contributed by atoms with Crippen molar-refractivity contribution in [1.29, 1.82) is 0 Å². The summed E-state index contributed by atoms with van der Waals surface area (Å²) in [5.74, 6) is -0.320. The van der Waals surface area contributed by atoms with Gasteiger partial charge in [0.05, 0.1) is 19.7 Å². The van der Waals surface area contributed by atoms with Crippen LogP contribution < -0.4 is 15.4 Å². The molecule has 1 rings (SSSR count). The Morgan fingerprint density at radius 2 is 1.72 bits per heavy atom. The van der Waals surface area contributed by atoms with E-state index in [9.17, 15) is 18.0 Å². The lowest BCUT2D eigenvalue weighted by Gasteiger charge is -2.21. The van der Waals surface area contributed by atoms with Gasteiger partial charge in [-0.15, -0.1) is 0 Å². The SMILES string of the molecule is CCOc1ccc(NC(=O)CN(C)CC(=O)NCCCOC)cc1S(=O)(=O)N(CC)CC. The lowest BCUT2D eigenvalue weighted by molar-refractivity contribution is -0.123. The van der Waals surface area contributed by atoms with E-state index < -0.39 is 10.0 Å². The first-order valence-corrected chi connectivity index (χ1v) is 12.1. The standard InChI is InChI=1S/C21H36N4O6S/c1-6-25(7-2)32(28,29)19-14-17(10-11-18(19)31-8-3)23-21(27)16-24(4)15-20(26)22-12-9-13-30-5/h10-11,14H,6-9,12-13,15-16H2,1-5H3,(H,22,26)(H,23,27). The smallest absolute Gasteiger partial charge is 0.246 e. The molecule has 0 unspecified atom stereocenters. The van der Waals surface area contributed by atoms with Crippen LogP contribution in [0.25, 0.3) is 0 Å². The van der Waals surface area contributed by atoms with Crippen molar-refractivity contribution in [2.75, 3.05) is 65.4 Å². The molecule has 1 aromatic rings. The van der Waals surface area contributed by atoms with Crippen LogP contribution in [-0.4, -0.2) is 89.5 Å². The zero-order valence-corrected chi connectivity index (χ0v) is 20.5. The molecule has 32 heavy (non-hydrogen) atoms. The summed E-state index contributed by atoms with van der Waals surface area (Å²) >= 11 is 0. The summed E-state index contributed by atoms with van der Waals surface area (Å²) in [6.45, 7) is 7.33. The number of hydrogen-bond acceptors (Lipinski definition) is 7. The van der Waals surface area contributed by atoms with Crippen LogP contribution in [0.4, 0.5) is 5.69 Å². The molecule has 0 saturated heterocycles. The third kappa shape index (κ3) is 8.73. The summed E-state index contributed by atoms with van der Waals surface area (Å²) in [4.78, 5) is 25.9. The van der Waals surface area contributed by atoms with Crippen molar-refractivity contribution in [2.24, 2.45) is 0 Å². The number of ether oxygens (including phenoxy) is 2. The van der Waals surface area contributed by atoms with E-state index in [-0.39, 0.29) is 35.5 Å². The quantitative estimate of drug-likeness (QED) is 0.368. The summed E-state index contributed by atoms with van der Waals surface area (Å²) in [5.41, 5.74) is 0.335. The number of carbonyl (C=O) groups is 2. The number of hydrogen-bond donors (Lipinski definition) is 2. The molecule has 0 aliphatic heterocycles. The number of sulfonamides is 1. The Morgan fingerprint density at radius 1 is 1.06 bits per heavy atom. The highest BCUT2D eigenvalue weighted by atomic mass is 32.2. The minimum absolute atomic E-state index is 0.00430. The fourth-order valence-electron chi connectivity index (χ4n) is 3.01. The van der Waals surface area contributed by atoms with E-state index in [0.29, 0.717) is 45.0 Å². The highest BCUT2D eigenvalue weighted by Crippen LogP contribution is 2.30. The monoisotopic (exact) mass is 472 g/mol. The number of nitrogens with zero attached hydrogens (tertiary/aromatic N) is 2. The van der Waals surface area contributed by atoms with Gasteiger partial charge in [-0.2, -0.15) is 4.31 Å². The summed E-state index contributed by atoms with van der Waals surface area (Å²) < 4.78 is 37.8. The van der Waals surface area contributed by atoms with Crippen molar-refractivity contribution in [3.8, 4) is 5.75 Å². The van der Waals surface area contributed by atoms with E-state index in [1.165, 1.54) is 16.4 Å². The van der Waals surface area contributed by atoms with Gasteiger partial charge >= 0.3 is 0 Å². The Labute approximate surface area is 191 Å². The predicted octanol–water partition coefficient (Wildman–Crippen LogP) is 1.14. The number of anilines is 1. The van der Waals surface area contributed by atoms with E-state index in [4.69, 9.17) is 9.47 Å². The van der Waals surface area contributed by atoms with E-state index in [1.807, 2.05) is 0 Å². The predicted molar refractivity (Wildman–Crippen MR) is 123 cm³/mol. The minimum atomic E-state index is -3.78. The van der Waals surface area contributed by atoms with Gasteiger partial charge in [-0.3, -0.25) is 14.5 Å². The molecule has 0 heterocycles. The van der Waals surface area contributed by atoms with Crippen molar-refractivity contribution in [2.45, 2.75) is 32.1 Å². The Morgan fingerprint density at radius 3 is 2.31 bits per heavy atom. The number of methoxy groups -OCH3 is 1. The summed E-state index contributed by atoms with van der Waals surface area (Å²) in [5, 5.41) is 5.45. The molecule has 0 aliphatic carbocycles. The molecule has 0 aromatic heterocycles. The molecular weight excluding hydrogens is 436 g/mol. The van der Waals surface area contributed by atoms with Crippen LogP contribution >= 0.6 is 0 Å². The fourth-order valence-corrected chi connectivity index (χ4v) is 4.63. The number of benzene rings is 1. The van der Waals surface area contributed by atoms with Crippen molar-refractivity contribution >= 4 is 27.5 Å². The maximum atomic E-state index is 13.0. The Hall–Kier alpha value is -2.21. The first-order valence-electron chi connectivity index (χ1n) is 10.7. The molecule has 11 heteroatoms.